The summed E-state index contributed by atoms with van der Waals surface area (Å²) in [6.07, 6.45) is 4.71. The molecule has 21 heavy (non-hydrogen) atoms. The molecular weight excluding hydrogens is 264 g/mol. The van der Waals surface area contributed by atoms with Gasteiger partial charge in [0, 0.05) is 32.7 Å². The van der Waals surface area contributed by atoms with E-state index < -0.39 is 0 Å². The lowest BCUT2D eigenvalue weighted by molar-refractivity contribution is 0.0377. The van der Waals surface area contributed by atoms with Crippen molar-refractivity contribution in [2.45, 2.75) is 46.5 Å². The second-order valence-corrected chi connectivity index (χ2v) is 7.02. The van der Waals surface area contributed by atoms with E-state index in [4.69, 9.17) is 10.5 Å². The van der Waals surface area contributed by atoms with Gasteiger partial charge in [-0.15, -0.1) is 0 Å². The summed E-state index contributed by atoms with van der Waals surface area (Å²) in [6, 6.07) is 0. The third kappa shape index (κ3) is 10.5. The molecule has 0 atom stereocenters. The molecule has 0 spiro atoms. The fourth-order valence-corrected chi connectivity index (χ4v) is 2.37. The zero-order valence-electron chi connectivity index (χ0n) is 14.2. The number of nitrogens with one attached hydrogen (secondary N) is 1. The van der Waals surface area contributed by atoms with E-state index in [0.717, 1.165) is 58.8 Å². The van der Waals surface area contributed by atoms with Crippen molar-refractivity contribution < 1.29 is 4.74 Å². The highest BCUT2D eigenvalue weighted by atomic mass is 16.5. The van der Waals surface area contributed by atoms with E-state index in [1.807, 2.05) is 0 Å². The third-order valence-electron chi connectivity index (χ3n) is 3.68. The van der Waals surface area contributed by atoms with Gasteiger partial charge in [-0.1, -0.05) is 27.2 Å². The van der Waals surface area contributed by atoms with Crippen molar-refractivity contribution in [2.75, 3.05) is 45.9 Å². The molecule has 0 radical (unpaired) electrons. The molecule has 0 saturated carbocycles. The zero-order chi connectivity index (χ0) is 15.6. The lowest BCUT2D eigenvalue weighted by atomic mass is 9.90. The van der Waals surface area contributed by atoms with Gasteiger partial charge < -0.3 is 15.8 Å². The van der Waals surface area contributed by atoms with Crippen LogP contribution in [0.5, 0.6) is 0 Å². The van der Waals surface area contributed by atoms with Crippen LogP contribution in [0.3, 0.4) is 0 Å². The van der Waals surface area contributed by atoms with E-state index in [1.165, 1.54) is 12.8 Å². The van der Waals surface area contributed by atoms with Crippen LogP contribution in [-0.2, 0) is 4.74 Å². The Kier molecular flexibility index (Phi) is 8.69. The topological polar surface area (TPSA) is 62.9 Å². The maximum atomic E-state index is 5.87. The summed E-state index contributed by atoms with van der Waals surface area (Å²) in [5.74, 6) is 0.590. The first-order valence-corrected chi connectivity index (χ1v) is 8.31. The summed E-state index contributed by atoms with van der Waals surface area (Å²) >= 11 is 0. The average molecular weight is 298 g/mol. The summed E-state index contributed by atoms with van der Waals surface area (Å²) in [5.41, 5.74) is 6.30. The van der Waals surface area contributed by atoms with E-state index in [9.17, 15) is 0 Å². The third-order valence-corrected chi connectivity index (χ3v) is 3.68. The lowest BCUT2D eigenvalue weighted by Gasteiger charge is -2.26. The molecule has 5 nitrogen and oxygen atoms in total. The first-order valence-electron chi connectivity index (χ1n) is 8.31. The van der Waals surface area contributed by atoms with E-state index in [2.05, 4.69) is 36.0 Å². The van der Waals surface area contributed by atoms with Gasteiger partial charge in [0.25, 0.3) is 0 Å². The smallest absolute Gasteiger partial charge is 0.188 e. The molecule has 0 aliphatic carbocycles. The van der Waals surface area contributed by atoms with Crippen molar-refractivity contribution in [1.82, 2.24) is 10.2 Å². The maximum absolute atomic E-state index is 5.87. The largest absolute Gasteiger partial charge is 0.379 e. The van der Waals surface area contributed by atoms with Crippen LogP contribution < -0.4 is 11.1 Å². The molecule has 124 valence electrons. The predicted molar refractivity (Wildman–Crippen MR) is 89.7 cm³/mol. The number of nitrogens with two attached hydrogens (primary N) is 1. The second kappa shape index (κ2) is 10.0. The van der Waals surface area contributed by atoms with Gasteiger partial charge in [-0.25, -0.2) is 0 Å². The fraction of sp³-hybridized carbons (Fsp3) is 0.938. The van der Waals surface area contributed by atoms with Gasteiger partial charge >= 0.3 is 0 Å². The van der Waals surface area contributed by atoms with Crippen LogP contribution in [0.25, 0.3) is 0 Å². The number of hydrogen-bond acceptors (Lipinski definition) is 3. The van der Waals surface area contributed by atoms with Crippen molar-refractivity contribution in [2.24, 2.45) is 16.1 Å². The van der Waals surface area contributed by atoms with Crippen molar-refractivity contribution in [3.05, 3.63) is 0 Å². The molecule has 0 amide bonds. The molecule has 0 bridgehead atoms. The number of guanidine groups is 1. The molecule has 5 heteroatoms. The van der Waals surface area contributed by atoms with Crippen LogP contribution in [0, 0.1) is 5.41 Å². The van der Waals surface area contributed by atoms with Gasteiger partial charge in [0.05, 0.1) is 13.2 Å². The molecule has 1 aliphatic heterocycles. The highest BCUT2D eigenvalue weighted by Crippen LogP contribution is 2.21. The predicted octanol–water partition coefficient (Wildman–Crippen LogP) is 1.83. The van der Waals surface area contributed by atoms with E-state index in [-0.39, 0.29) is 0 Å². The van der Waals surface area contributed by atoms with Gasteiger partial charge in [0.2, 0.25) is 0 Å². The molecule has 3 N–H and O–H groups in total. The first kappa shape index (κ1) is 18.2. The molecule has 0 aromatic heterocycles. The molecule has 1 heterocycles. The Balaban J connectivity index is 1.97. The van der Waals surface area contributed by atoms with Gasteiger partial charge in [-0.05, 0) is 24.7 Å². The second-order valence-electron chi connectivity index (χ2n) is 7.02. The average Bonchev–Trinajstić information content (AvgIpc) is 2.43. The summed E-state index contributed by atoms with van der Waals surface area (Å²) in [4.78, 5) is 6.81. The lowest BCUT2D eigenvalue weighted by Crippen LogP contribution is -2.37. The highest BCUT2D eigenvalue weighted by molar-refractivity contribution is 5.77. The standard InChI is InChI=1S/C16H34N4O/c1-16(2,3)7-4-5-8-18-15(17)19-9-6-10-20-11-13-21-14-12-20/h4-14H2,1-3H3,(H3,17,18,19). The number of unbranched alkanes of at least 4 members (excludes halogenated alkanes) is 1. The summed E-state index contributed by atoms with van der Waals surface area (Å²) < 4.78 is 5.33. The van der Waals surface area contributed by atoms with Crippen LogP contribution in [0.15, 0.2) is 4.99 Å². The number of morpholine rings is 1. The normalized spacial score (nSPS) is 18.0. The van der Waals surface area contributed by atoms with Gasteiger partial charge in [-0.3, -0.25) is 9.89 Å². The number of ether oxygens (including phenoxy) is 1. The van der Waals surface area contributed by atoms with Crippen molar-refractivity contribution in [1.29, 1.82) is 0 Å². The highest BCUT2D eigenvalue weighted by Gasteiger charge is 2.09. The molecule has 0 aromatic carbocycles. The van der Waals surface area contributed by atoms with Crippen LogP contribution in [0.4, 0.5) is 0 Å². The van der Waals surface area contributed by atoms with Gasteiger partial charge in [0.1, 0.15) is 0 Å². The maximum Gasteiger partial charge on any atom is 0.188 e. The van der Waals surface area contributed by atoms with Crippen LogP contribution >= 0.6 is 0 Å². The van der Waals surface area contributed by atoms with Crippen LogP contribution in [-0.4, -0.2) is 56.8 Å². The monoisotopic (exact) mass is 298 g/mol. The van der Waals surface area contributed by atoms with E-state index in [1.54, 1.807) is 0 Å². The Bertz CT molecular complexity index is 293. The Morgan fingerprint density at radius 3 is 2.57 bits per heavy atom. The molecule has 1 saturated heterocycles. The molecular formula is C16H34N4O. The quantitative estimate of drug-likeness (QED) is 0.408. The summed E-state index contributed by atoms with van der Waals surface area (Å²) in [6.45, 7) is 13.5. The van der Waals surface area contributed by atoms with Crippen molar-refractivity contribution >= 4 is 5.96 Å². The number of hydrogen-bond donors (Lipinski definition) is 2. The Labute approximate surface area is 130 Å². The van der Waals surface area contributed by atoms with E-state index in [0.29, 0.717) is 11.4 Å². The number of rotatable bonds is 8. The van der Waals surface area contributed by atoms with Crippen LogP contribution in [0.2, 0.25) is 0 Å². The first-order chi connectivity index (χ1) is 9.97. The Morgan fingerprint density at radius 2 is 1.90 bits per heavy atom. The molecule has 1 rings (SSSR count). The minimum absolute atomic E-state index is 0.430. The minimum Gasteiger partial charge on any atom is -0.379 e. The summed E-state index contributed by atoms with van der Waals surface area (Å²) in [7, 11) is 0. The van der Waals surface area contributed by atoms with Gasteiger partial charge in [0.15, 0.2) is 5.96 Å². The number of aliphatic imine (C=N–C) groups is 1. The molecule has 1 aliphatic rings. The van der Waals surface area contributed by atoms with Crippen molar-refractivity contribution in [3.63, 3.8) is 0 Å². The Hall–Kier alpha value is -0.810. The Morgan fingerprint density at radius 1 is 1.19 bits per heavy atom. The molecule has 1 fully saturated rings. The molecule has 0 unspecified atom stereocenters. The van der Waals surface area contributed by atoms with Crippen molar-refractivity contribution in [3.8, 4) is 0 Å². The fourth-order valence-electron chi connectivity index (χ4n) is 2.37. The van der Waals surface area contributed by atoms with E-state index >= 15 is 0 Å². The van der Waals surface area contributed by atoms with Gasteiger partial charge in [-0.2, -0.15) is 0 Å². The minimum atomic E-state index is 0.430. The zero-order valence-corrected chi connectivity index (χ0v) is 14.2. The number of nitrogens with zero attached hydrogens (tertiary/aromatic N) is 2. The van der Waals surface area contributed by atoms with Crippen LogP contribution in [0.1, 0.15) is 46.5 Å². The summed E-state index contributed by atoms with van der Waals surface area (Å²) in [5, 5.41) is 3.20. The molecule has 0 aromatic rings. The SMILES string of the molecule is CC(C)(C)CCCCNC(N)=NCCCN1CCOCC1.